The van der Waals surface area contributed by atoms with Gasteiger partial charge in [-0.15, -0.1) is 0 Å². The quantitative estimate of drug-likeness (QED) is 0.797. The van der Waals surface area contributed by atoms with Gasteiger partial charge in [0.15, 0.2) is 0 Å². The van der Waals surface area contributed by atoms with Gasteiger partial charge in [0.05, 0.1) is 6.61 Å². The summed E-state index contributed by atoms with van der Waals surface area (Å²) >= 11 is 0. The third-order valence-corrected chi connectivity index (χ3v) is 2.76. The Balaban J connectivity index is 2.85. The Morgan fingerprint density at radius 1 is 1.35 bits per heavy atom. The van der Waals surface area contributed by atoms with Crippen LogP contribution in [-0.4, -0.2) is 12.6 Å². The normalized spacial score (nSPS) is 14.4. The molecule has 3 nitrogen and oxygen atoms in total. The minimum atomic E-state index is -1.03. The van der Waals surface area contributed by atoms with Gasteiger partial charge in [0.25, 0.3) is 0 Å². The lowest BCUT2D eigenvalue weighted by Crippen LogP contribution is -2.45. The van der Waals surface area contributed by atoms with Crippen molar-refractivity contribution >= 4 is 5.97 Å². The highest BCUT2D eigenvalue weighted by molar-refractivity contribution is 5.82. The number of carbonyl (C=O) groups excluding carboxylic acids is 1. The Kier molecular flexibility index (Phi) is 4.70. The van der Waals surface area contributed by atoms with Gasteiger partial charge in [-0.3, -0.25) is 0 Å². The van der Waals surface area contributed by atoms with E-state index in [0.29, 0.717) is 18.9 Å². The van der Waals surface area contributed by atoms with Crippen molar-refractivity contribution in [2.24, 2.45) is 11.7 Å². The van der Waals surface area contributed by atoms with Gasteiger partial charge in [0.1, 0.15) is 5.54 Å². The average Bonchev–Trinajstić information content (AvgIpc) is 2.35. The fourth-order valence-corrected chi connectivity index (χ4v) is 1.57. The first kappa shape index (κ1) is 13.7. The van der Waals surface area contributed by atoms with E-state index in [2.05, 4.69) is 0 Å². The average molecular weight is 235 g/mol. The summed E-state index contributed by atoms with van der Waals surface area (Å²) in [5.41, 5.74) is 5.94. The zero-order valence-electron chi connectivity index (χ0n) is 10.8. The third kappa shape index (κ3) is 3.30. The number of benzene rings is 1. The summed E-state index contributed by atoms with van der Waals surface area (Å²) in [5, 5.41) is 0. The molecule has 0 spiro atoms. The highest BCUT2D eigenvalue weighted by Crippen LogP contribution is 2.23. The molecule has 1 aromatic rings. The first-order valence-corrected chi connectivity index (χ1v) is 6.02. The van der Waals surface area contributed by atoms with Crippen molar-refractivity contribution in [3.63, 3.8) is 0 Å². The standard InChI is InChI=1S/C14H21NO2/c1-4-14(15,12-8-6-5-7-9-12)13(16)17-10-11(2)3/h5-9,11H,4,10,15H2,1-3H3. The molecule has 2 N–H and O–H groups in total. The van der Waals surface area contributed by atoms with E-state index in [1.807, 2.05) is 51.1 Å². The lowest BCUT2D eigenvalue weighted by atomic mass is 9.88. The van der Waals surface area contributed by atoms with Crippen LogP contribution in [0, 0.1) is 5.92 Å². The molecular formula is C14H21NO2. The molecular weight excluding hydrogens is 214 g/mol. The van der Waals surface area contributed by atoms with Gasteiger partial charge in [0.2, 0.25) is 0 Å². The van der Waals surface area contributed by atoms with Gasteiger partial charge in [0, 0.05) is 0 Å². The second-order valence-corrected chi connectivity index (χ2v) is 4.68. The van der Waals surface area contributed by atoms with Crippen molar-refractivity contribution in [3.8, 4) is 0 Å². The second kappa shape index (κ2) is 5.82. The molecule has 0 aromatic heterocycles. The summed E-state index contributed by atoms with van der Waals surface area (Å²) in [7, 11) is 0. The van der Waals surface area contributed by atoms with E-state index in [1.165, 1.54) is 0 Å². The lowest BCUT2D eigenvalue weighted by Gasteiger charge is -2.26. The smallest absolute Gasteiger partial charge is 0.330 e. The minimum absolute atomic E-state index is 0.316. The van der Waals surface area contributed by atoms with Crippen LogP contribution in [0.1, 0.15) is 32.8 Å². The first-order chi connectivity index (χ1) is 8.00. The number of ether oxygens (including phenoxy) is 1. The van der Waals surface area contributed by atoms with Crippen LogP contribution in [0.4, 0.5) is 0 Å². The van der Waals surface area contributed by atoms with Crippen LogP contribution in [-0.2, 0) is 15.1 Å². The Labute approximate surface area is 103 Å². The predicted molar refractivity (Wildman–Crippen MR) is 68.4 cm³/mol. The molecule has 0 saturated heterocycles. The van der Waals surface area contributed by atoms with Gasteiger partial charge < -0.3 is 10.5 Å². The zero-order valence-corrected chi connectivity index (χ0v) is 10.8. The predicted octanol–water partition coefficient (Wildman–Crippen LogP) is 2.45. The summed E-state index contributed by atoms with van der Waals surface area (Å²) in [6.07, 6.45) is 0.522. The van der Waals surface area contributed by atoms with Crippen LogP contribution < -0.4 is 5.73 Å². The molecule has 1 atom stereocenters. The van der Waals surface area contributed by atoms with Crippen molar-refractivity contribution in [1.82, 2.24) is 0 Å². The zero-order chi connectivity index (χ0) is 12.9. The van der Waals surface area contributed by atoms with Gasteiger partial charge in [-0.1, -0.05) is 51.1 Å². The summed E-state index contributed by atoms with van der Waals surface area (Å²) in [6.45, 7) is 6.30. The van der Waals surface area contributed by atoms with E-state index in [9.17, 15) is 4.79 Å². The molecule has 0 aliphatic carbocycles. The van der Waals surface area contributed by atoms with Crippen LogP contribution in [0.2, 0.25) is 0 Å². The van der Waals surface area contributed by atoms with E-state index in [1.54, 1.807) is 0 Å². The molecule has 0 heterocycles. The van der Waals surface area contributed by atoms with Crippen molar-refractivity contribution < 1.29 is 9.53 Å². The topological polar surface area (TPSA) is 52.3 Å². The number of hydrogen-bond acceptors (Lipinski definition) is 3. The number of carbonyl (C=O) groups is 1. The highest BCUT2D eigenvalue weighted by atomic mass is 16.5. The fourth-order valence-electron chi connectivity index (χ4n) is 1.57. The van der Waals surface area contributed by atoms with Crippen LogP contribution in [0.3, 0.4) is 0 Å². The molecule has 1 rings (SSSR count). The molecule has 3 heteroatoms. The van der Waals surface area contributed by atoms with Crippen molar-refractivity contribution in [1.29, 1.82) is 0 Å². The maximum absolute atomic E-state index is 12.1. The Morgan fingerprint density at radius 3 is 2.41 bits per heavy atom. The van der Waals surface area contributed by atoms with Crippen molar-refractivity contribution in [2.75, 3.05) is 6.61 Å². The monoisotopic (exact) mass is 235 g/mol. The van der Waals surface area contributed by atoms with Gasteiger partial charge in [-0.25, -0.2) is 4.79 Å². The van der Waals surface area contributed by atoms with E-state index in [4.69, 9.17) is 10.5 Å². The second-order valence-electron chi connectivity index (χ2n) is 4.68. The summed E-state index contributed by atoms with van der Waals surface area (Å²) in [6, 6.07) is 9.38. The lowest BCUT2D eigenvalue weighted by molar-refractivity contribution is -0.151. The molecule has 0 fully saturated rings. The van der Waals surface area contributed by atoms with Crippen LogP contribution >= 0.6 is 0 Å². The van der Waals surface area contributed by atoms with Crippen molar-refractivity contribution in [3.05, 3.63) is 35.9 Å². The molecule has 94 valence electrons. The molecule has 0 bridgehead atoms. The first-order valence-electron chi connectivity index (χ1n) is 6.02. The molecule has 1 aromatic carbocycles. The Hall–Kier alpha value is -1.35. The molecule has 0 saturated carbocycles. The number of nitrogens with two attached hydrogens (primary N) is 1. The largest absolute Gasteiger partial charge is 0.464 e. The number of esters is 1. The fraction of sp³-hybridized carbons (Fsp3) is 0.500. The van der Waals surface area contributed by atoms with E-state index >= 15 is 0 Å². The molecule has 1 unspecified atom stereocenters. The molecule has 0 amide bonds. The Bertz CT molecular complexity index is 362. The SMILES string of the molecule is CCC(N)(C(=O)OCC(C)C)c1ccccc1. The van der Waals surface area contributed by atoms with Crippen LogP contribution in [0.25, 0.3) is 0 Å². The summed E-state index contributed by atoms with van der Waals surface area (Å²) in [5.74, 6) is -0.0317. The number of hydrogen-bond donors (Lipinski definition) is 1. The van der Waals surface area contributed by atoms with E-state index < -0.39 is 5.54 Å². The summed E-state index contributed by atoms with van der Waals surface area (Å²) < 4.78 is 5.25. The molecule has 0 aliphatic heterocycles. The van der Waals surface area contributed by atoms with Crippen LogP contribution in [0.5, 0.6) is 0 Å². The maximum atomic E-state index is 12.1. The summed E-state index contributed by atoms with van der Waals surface area (Å²) in [4.78, 5) is 12.1. The van der Waals surface area contributed by atoms with Crippen molar-refractivity contribution in [2.45, 2.75) is 32.7 Å². The maximum Gasteiger partial charge on any atom is 0.330 e. The van der Waals surface area contributed by atoms with Gasteiger partial charge >= 0.3 is 5.97 Å². The van der Waals surface area contributed by atoms with E-state index in [-0.39, 0.29) is 5.97 Å². The van der Waals surface area contributed by atoms with Crippen LogP contribution in [0.15, 0.2) is 30.3 Å². The molecule has 0 aliphatic rings. The van der Waals surface area contributed by atoms with Gasteiger partial charge in [-0.2, -0.15) is 0 Å². The minimum Gasteiger partial charge on any atom is -0.464 e. The van der Waals surface area contributed by atoms with Gasteiger partial charge in [-0.05, 0) is 17.9 Å². The molecule has 0 radical (unpaired) electrons. The highest BCUT2D eigenvalue weighted by Gasteiger charge is 2.35. The Morgan fingerprint density at radius 2 is 1.94 bits per heavy atom. The third-order valence-electron chi connectivity index (χ3n) is 2.76. The number of rotatable bonds is 5. The van der Waals surface area contributed by atoms with E-state index in [0.717, 1.165) is 5.56 Å². The molecule has 17 heavy (non-hydrogen) atoms.